The number of carbonyl (C=O) groups is 1. The van der Waals surface area contributed by atoms with Crippen LogP contribution in [0, 0.1) is 5.92 Å². The monoisotopic (exact) mass is 464 g/mol. The Kier molecular flexibility index (Phi) is 6.67. The van der Waals surface area contributed by atoms with Crippen LogP contribution in [0.15, 0.2) is 29.3 Å². The summed E-state index contributed by atoms with van der Waals surface area (Å²) in [6, 6.07) is 7.95. The number of fused-ring (bicyclic) bond motifs is 1. The molecule has 3 aromatic rings. The molecule has 1 aliphatic heterocycles. The van der Waals surface area contributed by atoms with E-state index in [-0.39, 0.29) is 0 Å². The average Bonchev–Trinajstić information content (AvgIpc) is 3.18. The number of piperidine rings is 1. The maximum atomic E-state index is 11.8. The minimum atomic E-state index is -0.546. The molecule has 0 saturated carbocycles. The van der Waals surface area contributed by atoms with Crippen LogP contribution in [0.2, 0.25) is 0 Å². The van der Waals surface area contributed by atoms with Gasteiger partial charge in [-0.3, -0.25) is 5.10 Å². The molecule has 4 rings (SSSR count). The number of nitrogens with zero attached hydrogens (tertiary/aromatic N) is 5. The summed E-state index contributed by atoms with van der Waals surface area (Å²) < 4.78 is 5.24. The van der Waals surface area contributed by atoms with Crippen LogP contribution in [0.4, 0.5) is 22.4 Å². The Hall–Kier alpha value is -3.69. The second-order valence-electron chi connectivity index (χ2n) is 9.54. The first kappa shape index (κ1) is 23.5. The third kappa shape index (κ3) is 5.62. The molecule has 180 valence electrons. The van der Waals surface area contributed by atoms with Crippen LogP contribution in [0.3, 0.4) is 0 Å². The van der Waals surface area contributed by atoms with Gasteiger partial charge in [-0.05, 0) is 58.1 Å². The largest absolute Gasteiger partial charge is 0.442 e. The smallest absolute Gasteiger partial charge is 0.433 e. The number of aromatic amines is 1. The molecule has 1 atom stereocenters. The lowest BCUT2D eigenvalue weighted by Gasteiger charge is -2.33. The van der Waals surface area contributed by atoms with E-state index in [9.17, 15) is 4.79 Å². The van der Waals surface area contributed by atoms with E-state index in [1.807, 2.05) is 52.1 Å². The van der Waals surface area contributed by atoms with Crippen LogP contribution in [0.1, 0.15) is 40.0 Å². The van der Waals surface area contributed by atoms with Gasteiger partial charge in [0.2, 0.25) is 5.95 Å². The Bertz CT molecular complexity index is 1200. The number of nitrogens with one attached hydrogen (secondary N) is 2. The molecule has 1 saturated heterocycles. The maximum Gasteiger partial charge on any atom is 0.433 e. The molecule has 1 fully saturated rings. The Labute approximate surface area is 199 Å². The van der Waals surface area contributed by atoms with Crippen molar-refractivity contribution in [1.29, 1.82) is 0 Å². The second-order valence-corrected chi connectivity index (χ2v) is 9.54. The van der Waals surface area contributed by atoms with E-state index in [4.69, 9.17) is 15.5 Å². The lowest BCUT2D eigenvalue weighted by Crippen LogP contribution is -2.36. The lowest BCUT2D eigenvalue weighted by atomic mass is 9.95. The molecular weight excluding hydrogens is 432 g/mol. The van der Waals surface area contributed by atoms with Crippen molar-refractivity contribution >= 4 is 40.8 Å². The van der Waals surface area contributed by atoms with Gasteiger partial charge in [0, 0.05) is 43.4 Å². The van der Waals surface area contributed by atoms with Gasteiger partial charge in [-0.15, -0.1) is 0 Å². The van der Waals surface area contributed by atoms with Gasteiger partial charge < -0.3 is 20.7 Å². The van der Waals surface area contributed by atoms with Crippen LogP contribution >= 0.6 is 0 Å². The zero-order valence-corrected chi connectivity index (χ0v) is 20.1. The van der Waals surface area contributed by atoms with Crippen LogP contribution < -0.4 is 16.0 Å². The van der Waals surface area contributed by atoms with Gasteiger partial charge in [-0.25, -0.2) is 9.78 Å². The number of carbonyl (C=O) groups excluding carboxylic acids is 1. The number of hydrogen-bond donors (Lipinski definition) is 3. The maximum absolute atomic E-state index is 11.8. The summed E-state index contributed by atoms with van der Waals surface area (Å²) in [6.45, 7) is 7.23. The first-order chi connectivity index (χ1) is 16.2. The van der Waals surface area contributed by atoms with Gasteiger partial charge in [-0.1, -0.05) is 6.07 Å². The highest BCUT2D eigenvalue weighted by Gasteiger charge is 2.22. The Morgan fingerprint density at radius 1 is 1.35 bits per heavy atom. The van der Waals surface area contributed by atoms with E-state index in [0.29, 0.717) is 24.1 Å². The van der Waals surface area contributed by atoms with Crippen molar-refractivity contribution in [2.75, 3.05) is 36.1 Å². The van der Waals surface area contributed by atoms with Gasteiger partial charge in [-0.2, -0.15) is 15.1 Å². The number of benzene rings is 1. The highest BCUT2D eigenvalue weighted by atomic mass is 16.6. The molecule has 1 aromatic carbocycles. The molecule has 0 bridgehead atoms. The second kappa shape index (κ2) is 9.66. The van der Waals surface area contributed by atoms with Crippen molar-refractivity contribution in [3.05, 3.63) is 24.3 Å². The molecule has 3 heterocycles. The third-order valence-corrected chi connectivity index (χ3v) is 5.70. The van der Waals surface area contributed by atoms with Crippen LogP contribution in [-0.4, -0.2) is 58.2 Å². The number of hydrogen-bond acceptors (Lipinski definition) is 8. The number of H-pyrrole nitrogens is 1. The molecule has 34 heavy (non-hydrogen) atoms. The number of amides is 1. The number of nitrogen functional groups attached to an aromatic ring is 1. The predicted molar refractivity (Wildman–Crippen MR) is 135 cm³/mol. The van der Waals surface area contributed by atoms with E-state index in [2.05, 4.69) is 30.4 Å². The van der Waals surface area contributed by atoms with Gasteiger partial charge in [0.1, 0.15) is 11.4 Å². The van der Waals surface area contributed by atoms with Gasteiger partial charge in [0.25, 0.3) is 0 Å². The lowest BCUT2D eigenvalue weighted by molar-refractivity contribution is 0.0604. The highest BCUT2D eigenvalue weighted by molar-refractivity contribution is 5.91. The minimum Gasteiger partial charge on any atom is -0.442 e. The Balaban J connectivity index is 1.50. The van der Waals surface area contributed by atoms with Crippen molar-refractivity contribution in [3.8, 4) is 11.3 Å². The molecule has 0 radical (unpaired) electrons. The van der Waals surface area contributed by atoms with Crippen molar-refractivity contribution < 1.29 is 9.53 Å². The average molecular weight is 465 g/mol. The molecule has 4 N–H and O–H groups in total. The van der Waals surface area contributed by atoms with E-state index in [1.165, 1.54) is 0 Å². The highest BCUT2D eigenvalue weighted by Crippen LogP contribution is 2.30. The molecule has 0 spiro atoms. The summed E-state index contributed by atoms with van der Waals surface area (Å²) >= 11 is 0. The summed E-state index contributed by atoms with van der Waals surface area (Å²) in [5.74, 6) is 2.29. The summed E-state index contributed by atoms with van der Waals surface area (Å²) in [6.07, 6.45) is 3.96. The van der Waals surface area contributed by atoms with E-state index >= 15 is 0 Å². The molecule has 2 aromatic heterocycles. The van der Waals surface area contributed by atoms with Crippen molar-refractivity contribution in [3.63, 3.8) is 0 Å². The predicted octanol–water partition coefficient (Wildman–Crippen LogP) is 4.26. The third-order valence-electron chi connectivity index (χ3n) is 5.70. The molecule has 1 amide bonds. The summed E-state index contributed by atoms with van der Waals surface area (Å²) in [4.78, 5) is 27.4. The summed E-state index contributed by atoms with van der Waals surface area (Å²) in [5.41, 5.74) is 8.00. The number of aromatic nitrogens is 4. The number of rotatable bonds is 5. The standard InChI is InChI=1S/C24H32N8O2/c1-24(2,3)34-23(33)27-10-9-15-6-5-11-32(14-15)20-13-18(28-22(26-4)29-20)16-7-8-17-19(12-16)30-31-21(17)25/h7-8,10,12-13,15H,5-6,9,11,14H2,1-4H3,(H3,25,30,31)(H,26,28,29). The zero-order valence-electron chi connectivity index (χ0n) is 20.1. The van der Waals surface area contributed by atoms with Crippen LogP contribution in [0.25, 0.3) is 22.2 Å². The molecule has 0 aliphatic carbocycles. The normalized spacial score (nSPS) is 16.8. The van der Waals surface area contributed by atoms with E-state index in [1.54, 1.807) is 6.21 Å². The summed E-state index contributed by atoms with van der Waals surface area (Å²) in [7, 11) is 1.81. The van der Waals surface area contributed by atoms with Crippen molar-refractivity contribution in [1.82, 2.24) is 20.2 Å². The molecule has 1 unspecified atom stereocenters. The number of nitrogens with two attached hydrogens (primary N) is 1. The number of anilines is 3. The van der Waals surface area contributed by atoms with Crippen LogP contribution in [0.5, 0.6) is 0 Å². The van der Waals surface area contributed by atoms with Crippen molar-refractivity contribution in [2.24, 2.45) is 10.9 Å². The minimum absolute atomic E-state index is 0.376. The SMILES string of the molecule is CNc1nc(-c2ccc3c(N)n[nH]c3c2)cc(N2CCCC(CC=NC(=O)OC(C)(C)C)C2)n1. The fraction of sp³-hybridized carbons (Fsp3) is 0.458. The first-order valence-electron chi connectivity index (χ1n) is 11.5. The zero-order chi connectivity index (χ0) is 24.3. The van der Waals surface area contributed by atoms with Crippen LogP contribution in [-0.2, 0) is 4.74 Å². The van der Waals surface area contributed by atoms with Crippen molar-refractivity contribution in [2.45, 2.75) is 45.6 Å². The quantitative estimate of drug-likeness (QED) is 0.477. The molecule has 10 nitrogen and oxygen atoms in total. The fourth-order valence-corrected chi connectivity index (χ4v) is 4.09. The molecular formula is C24H32N8O2. The fourth-order valence-electron chi connectivity index (χ4n) is 4.09. The van der Waals surface area contributed by atoms with Gasteiger partial charge >= 0.3 is 6.09 Å². The Morgan fingerprint density at radius 2 is 2.18 bits per heavy atom. The Morgan fingerprint density at radius 3 is 2.94 bits per heavy atom. The van der Waals surface area contributed by atoms with Gasteiger partial charge in [0.05, 0.1) is 11.2 Å². The van der Waals surface area contributed by atoms with E-state index < -0.39 is 11.7 Å². The van der Waals surface area contributed by atoms with Gasteiger partial charge in [0.15, 0.2) is 5.82 Å². The number of ether oxygens (including phenoxy) is 1. The molecule has 1 aliphatic rings. The topological polar surface area (TPSA) is 134 Å². The first-order valence-corrected chi connectivity index (χ1v) is 11.5. The van der Waals surface area contributed by atoms with E-state index in [0.717, 1.165) is 53.9 Å². The molecule has 10 heteroatoms. The number of aliphatic imine (C=N–C) groups is 1. The summed E-state index contributed by atoms with van der Waals surface area (Å²) in [5, 5.41) is 11.0.